The van der Waals surface area contributed by atoms with Crippen LogP contribution < -0.4 is 51.4 Å². The first kappa shape index (κ1) is 18.7. The molecule has 1 aromatic rings. The van der Waals surface area contributed by atoms with Gasteiger partial charge in [-0.2, -0.15) is 0 Å². The van der Waals surface area contributed by atoms with E-state index in [-0.39, 0.29) is 57.9 Å². The Labute approximate surface area is 153 Å². The second-order valence-electron chi connectivity index (χ2n) is 4.00. The molecule has 94 valence electrons. The largest absolute Gasteiger partial charge is 1.00 e. The Morgan fingerprint density at radius 3 is 2.39 bits per heavy atom. The quantitative estimate of drug-likeness (QED) is 0.725. The molecule has 0 heterocycles. The number of benzene rings is 1. The van der Waals surface area contributed by atoms with Gasteiger partial charge >= 0.3 is 58.4 Å². The van der Waals surface area contributed by atoms with Gasteiger partial charge in [0.1, 0.15) is 0 Å². The van der Waals surface area contributed by atoms with Gasteiger partial charge in [-0.25, -0.2) is 0 Å². The molecular formula is C11H13BClF3KN. The van der Waals surface area contributed by atoms with E-state index < -0.39 is 12.4 Å². The van der Waals surface area contributed by atoms with Crippen LogP contribution in [-0.2, 0) is 6.54 Å². The normalized spacial score (nSPS) is 11.2. The molecule has 18 heavy (non-hydrogen) atoms. The van der Waals surface area contributed by atoms with Crippen molar-refractivity contribution in [3.8, 4) is 0 Å². The number of likely N-dealkylation sites (N-methyl/N-ethyl adjacent to an activating group) is 1. The van der Waals surface area contributed by atoms with Crippen molar-refractivity contribution in [1.29, 1.82) is 0 Å². The van der Waals surface area contributed by atoms with Crippen molar-refractivity contribution in [3.63, 3.8) is 0 Å². The molecule has 0 N–H and O–H groups in total. The van der Waals surface area contributed by atoms with Crippen molar-refractivity contribution in [1.82, 2.24) is 4.90 Å². The maximum Gasteiger partial charge on any atom is 1.00 e. The van der Waals surface area contributed by atoms with Crippen LogP contribution in [-0.4, -0.2) is 25.5 Å². The van der Waals surface area contributed by atoms with Crippen LogP contribution in [0.5, 0.6) is 0 Å². The van der Waals surface area contributed by atoms with Gasteiger partial charge in [-0.3, -0.25) is 0 Å². The first-order valence-electron chi connectivity index (χ1n) is 5.10. The monoisotopic (exact) mass is 301 g/mol. The standard InChI is InChI=1S/C11H13BClF3N.K/c1-9(12(14,15)16)7-17(2)8-10-5-3-4-6-11(10)13;/h3-6H,1,7-8H2,2H3;/q-1;+1. The Morgan fingerprint density at radius 1 is 1.33 bits per heavy atom. The topological polar surface area (TPSA) is 3.24 Å². The van der Waals surface area contributed by atoms with Gasteiger partial charge in [-0.05, 0) is 25.2 Å². The minimum Gasteiger partial charge on any atom is -0.445 e. The van der Waals surface area contributed by atoms with Crippen LogP contribution in [0.25, 0.3) is 0 Å². The number of nitrogens with zero attached hydrogens (tertiary/aromatic N) is 1. The van der Waals surface area contributed by atoms with Gasteiger partial charge in [0, 0.05) is 11.6 Å². The third-order valence-electron chi connectivity index (χ3n) is 2.33. The Morgan fingerprint density at radius 2 is 1.89 bits per heavy atom. The van der Waals surface area contributed by atoms with Crippen LogP contribution in [0, 0.1) is 0 Å². The molecule has 0 aliphatic rings. The first-order valence-corrected chi connectivity index (χ1v) is 5.48. The van der Waals surface area contributed by atoms with Gasteiger partial charge in [-0.1, -0.05) is 29.8 Å². The average molecular weight is 302 g/mol. The Kier molecular flexibility index (Phi) is 8.41. The van der Waals surface area contributed by atoms with E-state index in [9.17, 15) is 12.9 Å². The fourth-order valence-corrected chi connectivity index (χ4v) is 1.62. The molecule has 0 spiro atoms. The van der Waals surface area contributed by atoms with E-state index in [1.165, 1.54) is 0 Å². The van der Waals surface area contributed by atoms with Crippen LogP contribution in [0.2, 0.25) is 5.02 Å². The number of hydrogen-bond donors (Lipinski definition) is 0. The number of rotatable bonds is 5. The van der Waals surface area contributed by atoms with E-state index >= 15 is 0 Å². The van der Waals surface area contributed by atoms with E-state index in [4.69, 9.17) is 11.6 Å². The summed E-state index contributed by atoms with van der Waals surface area (Å²) in [5.74, 6) is 0. The second kappa shape index (κ2) is 8.09. The van der Waals surface area contributed by atoms with Crippen molar-refractivity contribution < 1.29 is 64.3 Å². The van der Waals surface area contributed by atoms with Crippen LogP contribution in [0.4, 0.5) is 12.9 Å². The predicted octanol–water partition coefficient (Wildman–Crippen LogP) is 0.719. The van der Waals surface area contributed by atoms with Crippen molar-refractivity contribution in [2.45, 2.75) is 6.54 Å². The molecule has 0 aliphatic carbocycles. The SMILES string of the molecule is C=C(CN(C)Cc1ccccc1Cl)[B-](F)(F)F.[K+]. The van der Waals surface area contributed by atoms with Gasteiger partial charge in [0.2, 0.25) is 0 Å². The van der Waals surface area contributed by atoms with E-state index in [2.05, 4.69) is 6.58 Å². The molecule has 0 amide bonds. The number of halogens is 4. The zero-order chi connectivity index (χ0) is 13.1. The zero-order valence-corrected chi connectivity index (χ0v) is 14.3. The minimum atomic E-state index is -4.96. The average Bonchev–Trinajstić information content (AvgIpc) is 2.20. The molecule has 0 aliphatic heterocycles. The summed E-state index contributed by atoms with van der Waals surface area (Å²) in [6.45, 7) is -1.74. The molecule has 0 aromatic heterocycles. The second-order valence-corrected chi connectivity index (χ2v) is 4.40. The molecule has 1 nitrogen and oxygen atoms in total. The maximum atomic E-state index is 12.3. The molecule has 1 aromatic carbocycles. The van der Waals surface area contributed by atoms with Gasteiger partial charge in [0.25, 0.3) is 0 Å². The summed E-state index contributed by atoms with van der Waals surface area (Å²) in [6, 6.07) is 7.09. The third-order valence-corrected chi connectivity index (χ3v) is 2.70. The van der Waals surface area contributed by atoms with Gasteiger partial charge in [-0.15, -0.1) is 12.1 Å². The van der Waals surface area contributed by atoms with E-state index in [0.29, 0.717) is 11.6 Å². The van der Waals surface area contributed by atoms with Gasteiger partial charge < -0.3 is 17.8 Å². The summed E-state index contributed by atoms with van der Waals surface area (Å²) in [7, 11) is 1.61. The van der Waals surface area contributed by atoms with Crippen molar-refractivity contribution in [3.05, 3.63) is 46.9 Å². The summed E-state index contributed by atoms with van der Waals surface area (Å²) in [5.41, 5.74) is 0.110. The van der Waals surface area contributed by atoms with E-state index in [1.807, 2.05) is 0 Å². The van der Waals surface area contributed by atoms with Crippen molar-refractivity contribution in [2.24, 2.45) is 0 Å². The van der Waals surface area contributed by atoms with E-state index in [1.54, 1.807) is 36.2 Å². The molecule has 7 heteroatoms. The van der Waals surface area contributed by atoms with Gasteiger partial charge in [0.05, 0.1) is 0 Å². The molecule has 0 radical (unpaired) electrons. The minimum absolute atomic E-state index is 0. The van der Waals surface area contributed by atoms with Gasteiger partial charge in [0.15, 0.2) is 0 Å². The molecule has 0 bridgehead atoms. The number of hydrogen-bond acceptors (Lipinski definition) is 1. The van der Waals surface area contributed by atoms with Crippen LogP contribution in [0.1, 0.15) is 5.56 Å². The third kappa shape index (κ3) is 6.23. The van der Waals surface area contributed by atoms with Crippen molar-refractivity contribution in [2.75, 3.05) is 13.6 Å². The van der Waals surface area contributed by atoms with Crippen LogP contribution in [0.3, 0.4) is 0 Å². The molecule has 0 saturated carbocycles. The fraction of sp³-hybridized carbons (Fsp3) is 0.273. The summed E-state index contributed by atoms with van der Waals surface area (Å²) >= 11 is 5.93. The smallest absolute Gasteiger partial charge is 0.445 e. The molecule has 0 fully saturated rings. The van der Waals surface area contributed by atoms with Crippen LogP contribution >= 0.6 is 11.6 Å². The summed E-state index contributed by atoms with van der Waals surface area (Å²) in [5, 5.41) is 0.558. The Balaban J connectivity index is 0.00000289. The summed E-state index contributed by atoms with van der Waals surface area (Å²) in [4.78, 5) is 1.54. The molecule has 0 atom stereocenters. The van der Waals surface area contributed by atoms with Crippen molar-refractivity contribution >= 4 is 18.6 Å². The molecule has 0 unspecified atom stereocenters. The van der Waals surface area contributed by atoms with Crippen LogP contribution in [0.15, 0.2) is 36.3 Å². The Bertz CT molecular complexity index is 412. The predicted molar refractivity (Wildman–Crippen MR) is 66.0 cm³/mol. The van der Waals surface area contributed by atoms with E-state index in [0.717, 1.165) is 5.56 Å². The molecule has 1 rings (SSSR count). The summed E-state index contributed by atoms with van der Waals surface area (Å²) < 4.78 is 37.0. The Hall–Kier alpha value is 0.701. The maximum absolute atomic E-state index is 12.3. The molecule has 0 saturated heterocycles. The first-order chi connectivity index (χ1) is 7.80. The molecular weight excluding hydrogens is 288 g/mol. The summed E-state index contributed by atoms with van der Waals surface area (Å²) in [6.07, 6.45) is 0. The zero-order valence-electron chi connectivity index (χ0n) is 10.5. The fourth-order valence-electron chi connectivity index (χ4n) is 1.42.